The summed E-state index contributed by atoms with van der Waals surface area (Å²) in [7, 11) is 0. The number of nitrogen functional groups attached to an aromatic ring is 1. The standard InChI is InChI=1S/C13H11ClFN3O/c14-8-3-9(15)5-12(4-8)18-13(19)6-11-2-1-10(16)7-17-11/h1-5,7H,6,16H2,(H,18,19). The molecule has 0 aliphatic rings. The van der Waals surface area contributed by atoms with Crippen LogP contribution in [0, 0.1) is 5.82 Å². The van der Waals surface area contributed by atoms with E-state index in [1.807, 2.05) is 0 Å². The van der Waals surface area contributed by atoms with Crippen molar-refractivity contribution in [2.45, 2.75) is 6.42 Å². The molecule has 3 N–H and O–H groups in total. The van der Waals surface area contributed by atoms with Crippen LogP contribution >= 0.6 is 11.6 Å². The van der Waals surface area contributed by atoms with Crippen molar-refractivity contribution in [2.75, 3.05) is 11.1 Å². The summed E-state index contributed by atoms with van der Waals surface area (Å²) in [5, 5.41) is 2.78. The van der Waals surface area contributed by atoms with E-state index in [2.05, 4.69) is 10.3 Å². The normalized spacial score (nSPS) is 10.2. The Kier molecular flexibility index (Phi) is 3.97. The maximum absolute atomic E-state index is 13.1. The quantitative estimate of drug-likeness (QED) is 0.907. The molecule has 0 spiro atoms. The number of hydrogen-bond acceptors (Lipinski definition) is 3. The highest BCUT2D eigenvalue weighted by Crippen LogP contribution is 2.18. The number of benzene rings is 1. The van der Waals surface area contributed by atoms with E-state index < -0.39 is 5.82 Å². The van der Waals surface area contributed by atoms with Crippen molar-refractivity contribution in [3.05, 3.63) is 53.1 Å². The smallest absolute Gasteiger partial charge is 0.230 e. The lowest BCUT2D eigenvalue weighted by molar-refractivity contribution is -0.115. The van der Waals surface area contributed by atoms with Crippen LogP contribution in [-0.2, 0) is 11.2 Å². The van der Waals surface area contributed by atoms with E-state index in [1.54, 1.807) is 12.1 Å². The Morgan fingerprint density at radius 1 is 1.37 bits per heavy atom. The Labute approximate surface area is 114 Å². The second-order valence-corrected chi connectivity index (χ2v) is 4.40. The first-order chi connectivity index (χ1) is 9.02. The van der Waals surface area contributed by atoms with Gasteiger partial charge in [0.05, 0.1) is 18.3 Å². The van der Waals surface area contributed by atoms with E-state index in [-0.39, 0.29) is 17.4 Å². The summed E-state index contributed by atoms with van der Waals surface area (Å²) in [5.74, 6) is -0.813. The molecule has 1 heterocycles. The maximum atomic E-state index is 13.1. The van der Waals surface area contributed by atoms with E-state index in [4.69, 9.17) is 17.3 Å². The zero-order chi connectivity index (χ0) is 13.8. The molecule has 0 bridgehead atoms. The lowest BCUT2D eigenvalue weighted by atomic mass is 10.2. The lowest BCUT2D eigenvalue weighted by Crippen LogP contribution is -2.15. The molecule has 0 aliphatic carbocycles. The summed E-state index contributed by atoms with van der Waals surface area (Å²) in [6.45, 7) is 0. The summed E-state index contributed by atoms with van der Waals surface area (Å²) in [4.78, 5) is 15.8. The number of nitrogens with one attached hydrogen (secondary N) is 1. The van der Waals surface area contributed by atoms with E-state index in [9.17, 15) is 9.18 Å². The van der Waals surface area contributed by atoms with Crippen LogP contribution in [0.4, 0.5) is 15.8 Å². The molecule has 0 fully saturated rings. The average molecular weight is 280 g/mol. The SMILES string of the molecule is Nc1ccc(CC(=O)Nc2cc(F)cc(Cl)c2)nc1. The first-order valence-corrected chi connectivity index (χ1v) is 5.87. The van der Waals surface area contributed by atoms with Crippen LogP contribution in [0.15, 0.2) is 36.5 Å². The zero-order valence-corrected chi connectivity index (χ0v) is 10.6. The molecule has 19 heavy (non-hydrogen) atoms. The van der Waals surface area contributed by atoms with Gasteiger partial charge in [0.1, 0.15) is 5.82 Å². The molecule has 1 amide bonds. The average Bonchev–Trinajstić information content (AvgIpc) is 2.30. The molecule has 0 radical (unpaired) electrons. The first-order valence-electron chi connectivity index (χ1n) is 5.49. The van der Waals surface area contributed by atoms with E-state index in [0.717, 1.165) is 0 Å². The molecule has 0 unspecified atom stereocenters. The number of amides is 1. The van der Waals surface area contributed by atoms with Gasteiger partial charge in [0.15, 0.2) is 0 Å². The lowest BCUT2D eigenvalue weighted by Gasteiger charge is -2.06. The van der Waals surface area contributed by atoms with Crippen LogP contribution in [0.25, 0.3) is 0 Å². The van der Waals surface area contributed by atoms with Crippen molar-refractivity contribution in [3.8, 4) is 0 Å². The van der Waals surface area contributed by atoms with Gasteiger partial charge in [-0.2, -0.15) is 0 Å². The molecular formula is C13H11ClFN3O. The van der Waals surface area contributed by atoms with Gasteiger partial charge in [0, 0.05) is 16.4 Å². The molecule has 2 aromatic rings. The molecule has 1 aromatic heterocycles. The van der Waals surface area contributed by atoms with Crippen LogP contribution in [0.5, 0.6) is 0 Å². The van der Waals surface area contributed by atoms with Crippen LogP contribution in [0.3, 0.4) is 0 Å². The highest BCUT2D eigenvalue weighted by molar-refractivity contribution is 6.30. The molecule has 98 valence electrons. The monoisotopic (exact) mass is 279 g/mol. The zero-order valence-electron chi connectivity index (χ0n) is 9.86. The second-order valence-electron chi connectivity index (χ2n) is 3.97. The van der Waals surface area contributed by atoms with Crippen molar-refractivity contribution in [1.29, 1.82) is 0 Å². The first kappa shape index (κ1) is 13.3. The number of carbonyl (C=O) groups is 1. The van der Waals surface area contributed by atoms with Gasteiger partial charge in [-0.1, -0.05) is 11.6 Å². The molecule has 0 saturated heterocycles. The number of rotatable bonds is 3. The fourth-order valence-electron chi connectivity index (χ4n) is 1.54. The topological polar surface area (TPSA) is 68.0 Å². The van der Waals surface area contributed by atoms with Crippen molar-refractivity contribution >= 4 is 28.9 Å². The minimum Gasteiger partial charge on any atom is -0.397 e. The third kappa shape index (κ3) is 3.93. The summed E-state index contributed by atoms with van der Waals surface area (Å²) in [5.41, 5.74) is 6.91. The minimum atomic E-state index is -0.506. The van der Waals surface area contributed by atoms with E-state index in [1.165, 1.54) is 24.4 Å². The number of pyridine rings is 1. The third-order valence-corrected chi connectivity index (χ3v) is 2.55. The Bertz CT molecular complexity index is 581. The number of aromatic nitrogens is 1. The van der Waals surface area contributed by atoms with Gasteiger partial charge in [0.25, 0.3) is 0 Å². The summed E-state index contributed by atoms with van der Waals surface area (Å²) >= 11 is 5.69. The van der Waals surface area contributed by atoms with Crippen LogP contribution in [0.2, 0.25) is 5.02 Å². The predicted octanol–water partition coefficient (Wildman–Crippen LogP) is 2.64. The number of anilines is 2. The number of halogens is 2. The molecule has 6 heteroatoms. The van der Waals surface area contributed by atoms with Gasteiger partial charge in [-0.15, -0.1) is 0 Å². The van der Waals surface area contributed by atoms with Crippen LogP contribution in [0.1, 0.15) is 5.69 Å². The van der Waals surface area contributed by atoms with E-state index >= 15 is 0 Å². The molecular weight excluding hydrogens is 269 g/mol. The fraction of sp³-hybridized carbons (Fsp3) is 0.0769. The molecule has 1 aromatic carbocycles. The van der Waals surface area contributed by atoms with Crippen LogP contribution in [-0.4, -0.2) is 10.9 Å². The second kappa shape index (κ2) is 5.67. The molecule has 2 rings (SSSR count). The number of hydrogen-bond donors (Lipinski definition) is 2. The van der Waals surface area contributed by atoms with Crippen molar-refractivity contribution < 1.29 is 9.18 Å². The Hall–Kier alpha value is -2.14. The maximum Gasteiger partial charge on any atom is 0.230 e. The molecule has 0 atom stereocenters. The summed E-state index contributed by atoms with van der Waals surface area (Å²) < 4.78 is 13.1. The minimum absolute atomic E-state index is 0.0778. The predicted molar refractivity (Wildman–Crippen MR) is 72.4 cm³/mol. The van der Waals surface area contributed by atoms with Gasteiger partial charge < -0.3 is 11.1 Å². The molecule has 0 saturated carbocycles. The Balaban J connectivity index is 2.03. The Morgan fingerprint density at radius 2 is 2.16 bits per heavy atom. The van der Waals surface area contributed by atoms with Crippen molar-refractivity contribution in [1.82, 2.24) is 4.98 Å². The third-order valence-electron chi connectivity index (χ3n) is 2.34. The van der Waals surface area contributed by atoms with Crippen molar-refractivity contribution in [2.24, 2.45) is 0 Å². The van der Waals surface area contributed by atoms with Crippen molar-refractivity contribution in [3.63, 3.8) is 0 Å². The largest absolute Gasteiger partial charge is 0.397 e. The van der Waals surface area contributed by atoms with Crippen LogP contribution < -0.4 is 11.1 Å². The Morgan fingerprint density at radius 3 is 2.79 bits per heavy atom. The molecule has 4 nitrogen and oxygen atoms in total. The van der Waals surface area contributed by atoms with E-state index in [0.29, 0.717) is 17.1 Å². The molecule has 0 aliphatic heterocycles. The van der Waals surface area contributed by atoms with Gasteiger partial charge >= 0.3 is 0 Å². The van der Waals surface area contributed by atoms with Gasteiger partial charge in [-0.05, 0) is 30.3 Å². The number of carbonyl (C=O) groups excluding carboxylic acids is 1. The summed E-state index contributed by atoms with van der Waals surface area (Å²) in [6, 6.07) is 7.15. The summed E-state index contributed by atoms with van der Waals surface area (Å²) in [6.07, 6.45) is 1.55. The highest BCUT2D eigenvalue weighted by Gasteiger charge is 2.07. The fourth-order valence-corrected chi connectivity index (χ4v) is 1.76. The highest BCUT2D eigenvalue weighted by atomic mass is 35.5. The van der Waals surface area contributed by atoms with Gasteiger partial charge in [-0.3, -0.25) is 9.78 Å². The number of nitrogens with two attached hydrogens (primary N) is 1. The van der Waals surface area contributed by atoms with Gasteiger partial charge in [0.2, 0.25) is 5.91 Å². The van der Waals surface area contributed by atoms with Gasteiger partial charge in [-0.25, -0.2) is 4.39 Å². The number of nitrogens with zero attached hydrogens (tertiary/aromatic N) is 1.